The smallest absolute Gasteiger partial charge is 0.233 e. The van der Waals surface area contributed by atoms with Crippen LogP contribution in [0.1, 0.15) is 29.0 Å². The maximum atomic E-state index is 12.9. The van der Waals surface area contributed by atoms with Crippen molar-refractivity contribution in [3.8, 4) is 17.2 Å². The molecule has 1 aliphatic carbocycles. The minimum absolute atomic E-state index is 0.0488. The minimum Gasteiger partial charge on any atom is -0.489 e. The zero-order valence-corrected chi connectivity index (χ0v) is 17.7. The summed E-state index contributed by atoms with van der Waals surface area (Å²) in [5.74, 6) is 2.65. The molecule has 0 radical (unpaired) electrons. The van der Waals surface area contributed by atoms with Crippen molar-refractivity contribution >= 4 is 17.6 Å². The van der Waals surface area contributed by atoms with Crippen LogP contribution < -0.4 is 20.1 Å². The Morgan fingerprint density at radius 2 is 2.09 bits per heavy atom. The van der Waals surface area contributed by atoms with Crippen LogP contribution in [0.25, 0.3) is 0 Å². The van der Waals surface area contributed by atoms with Crippen LogP contribution in [0.4, 0.5) is 5.82 Å². The van der Waals surface area contributed by atoms with Gasteiger partial charge in [-0.2, -0.15) is 0 Å². The first-order valence-electron chi connectivity index (χ1n) is 11.0. The van der Waals surface area contributed by atoms with E-state index < -0.39 is 0 Å². The number of carbonyl (C=O) groups is 1. The molecule has 1 amide bonds. The van der Waals surface area contributed by atoms with Crippen molar-refractivity contribution < 1.29 is 19.5 Å². The van der Waals surface area contributed by atoms with Crippen molar-refractivity contribution in [2.24, 2.45) is 11.1 Å². The molecule has 2 aliphatic heterocycles. The topological polar surface area (TPSA) is 105 Å². The van der Waals surface area contributed by atoms with Gasteiger partial charge in [-0.15, -0.1) is 0 Å². The van der Waals surface area contributed by atoms with Gasteiger partial charge < -0.3 is 25.3 Å². The van der Waals surface area contributed by atoms with Crippen molar-refractivity contribution in [2.75, 3.05) is 11.9 Å². The van der Waals surface area contributed by atoms with Gasteiger partial charge in [0.1, 0.15) is 29.2 Å². The number of amides is 1. The van der Waals surface area contributed by atoms with E-state index in [0.29, 0.717) is 11.3 Å². The van der Waals surface area contributed by atoms with Gasteiger partial charge in [-0.3, -0.25) is 4.79 Å². The van der Waals surface area contributed by atoms with Gasteiger partial charge in [-0.25, -0.2) is 4.98 Å². The number of rotatable bonds is 4. The number of ether oxygens (including phenoxy) is 2. The predicted octanol–water partition coefficient (Wildman–Crippen LogP) is 3.66. The second kappa shape index (κ2) is 7.81. The molecule has 0 spiro atoms. The van der Waals surface area contributed by atoms with Gasteiger partial charge in [-0.1, -0.05) is 35.5 Å². The Hall–Kier alpha value is -4.07. The summed E-state index contributed by atoms with van der Waals surface area (Å²) in [5, 5.41) is 18.7. The fourth-order valence-corrected chi connectivity index (χ4v) is 4.73. The number of aromatic nitrogens is 1. The van der Waals surface area contributed by atoms with Crippen LogP contribution in [0.15, 0.2) is 65.9 Å². The largest absolute Gasteiger partial charge is 0.489 e. The van der Waals surface area contributed by atoms with Crippen LogP contribution in [0.3, 0.4) is 0 Å². The second-order valence-electron chi connectivity index (χ2n) is 8.41. The fraction of sp³-hybridized carbons (Fsp3) is 0.240. The van der Waals surface area contributed by atoms with Crippen LogP contribution in [0.5, 0.6) is 17.2 Å². The van der Waals surface area contributed by atoms with Crippen molar-refractivity contribution in [3.63, 3.8) is 0 Å². The molecule has 0 bridgehead atoms. The van der Waals surface area contributed by atoms with E-state index >= 15 is 0 Å². The van der Waals surface area contributed by atoms with E-state index in [1.807, 2.05) is 42.5 Å². The molecule has 6 rings (SSSR count). The summed E-state index contributed by atoms with van der Waals surface area (Å²) >= 11 is 0. The Morgan fingerprint density at radius 3 is 2.94 bits per heavy atom. The minimum atomic E-state index is -0.342. The predicted molar refractivity (Wildman–Crippen MR) is 121 cm³/mol. The molecule has 166 valence electrons. The number of nitrogens with zero attached hydrogens (tertiary/aromatic N) is 2. The molecule has 3 heterocycles. The van der Waals surface area contributed by atoms with Gasteiger partial charge in [0.25, 0.3) is 0 Å². The zero-order valence-electron chi connectivity index (χ0n) is 17.7. The quantitative estimate of drug-likeness (QED) is 0.247. The number of carbonyl (C=O) groups excluding carboxylic acids is 1. The highest BCUT2D eigenvalue weighted by Gasteiger charge is 2.62. The third-order valence-corrected chi connectivity index (χ3v) is 6.39. The number of amidine groups is 1. The lowest BCUT2D eigenvalue weighted by molar-refractivity contribution is -0.121. The summed E-state index contributed by atoms with van der Waals surface area (Å²) in [6, 6.07) is 16.6. The monoisotopic (exact) mass is 442 g/mol. The fourth-order valence-electron chi connectivity index (χ4n) is 4.73. The van der Waals surface area contributed by atoms with Gasteiger partial charge in [0.05, 0.1) is 5.92 Å². The van der Waals surface area contributed by atoms with E-state index in [4.69, 9.17) is 9.47 Å². The Kier molecular flexibility index (Phi) is 4.64. The standard InChI is InChI=1S/C25H22N4O4/c30-25(28-23(29-31)14-5-2-1-3-6-14)21-20-17-13-15(8-9-18(17)33-22(20)21)32-19-10-12-27-24-16(19)7-4-11-26-24/h1-3,5-6,8-10,12-13,20-22,31H,4,7,11H2,(H,26,27)(H,28,29,30). The van der Waals surface area contributed by atoms with Crippen molar-refractivity contribution in [1.29, 1.82) is 0 Å². The molecular formula is C25H22N4O4. The second-order valence-corrected chi connectivity index (χ2v) is 8.41. The molecule has 0 saturated heterocycles. The summed E-state index contributed by atoms with van der Waals surface area (Å²) in [6.45, 7) is 0.916. The summed E-state index contributed by atoms with van der Waals surface area (Å²) in [7, 11) is 0. The van der Waals surface area contributed by atoms with E-state index in [-0.39, 0.29) is 29.7 Å². The first kappa shape index (κ1) is 19.6. The highest BCUT2D eigenvalue weighted by molar-refractivity contribution is 6.09. The summed E-state index contributed by atoms with van der Waals surface area (Å²) in [5.41, 5.74) is 2.67. The van der Waals surface area contributed by atoms with Crippen LogP contribution in [-0.4, -0.2) is 34.6 Å². The third kappa shape index (κ3) is 3.44. The molecule has 1 fully saturated rings. The Labute approximate surface area is 190 Å². The van der Waals surface area contributed by atoms with Crippen LogP contribution in [-0.2, 0) is 11.2 Å². The van der Waals surface area contributed by atoms with Crippen molar-refractivity contribution in [1.82, 2.24) is 10.3 Å². The van der Waals surface area contributed by atoms with E-state index in [0.717, 1.165) is 47.8 Å². The van der Waals surface area contributed by atoms with Gasteiger partial charge in [0.15, 0.2) is 5.84 Å². The highest BCUT2D eigenvalue weighted by Crippen LogP contribution is 2.59. The van der Waals surface area contributed by atoms with Crippen LogP contribution in [0.2, 0.25) is 0 Å². The van der Waals surface area contributed by atoms with Crippen molar-refractivity contribution in [2.45, 2.75) is 24.9 Å². The number of hydrogen-bond acceptors (Lipinski definition) is 7. The number of oxime groups is 1. The Balaban J connectivity index is 1.19. The SMILES string of the molecule is O=C(N/C(=N\O)c1ccccc1)C1C2Oc3ccc(Oc4ccnc5c4CCCN5)cc3C21. The van der Waals surface area contributed by atoms with E-state index in [1.165, 1.54) is 0 Å². The molecule has 3 unspecified atom stereocenters. The number of benzene rings is 2. The van der Waals surface area contributed by atoms with E-state index in [1.54, 1.807) is 18.3 Å². The molecule has 1 saturated carbocycles. The maximum absolute atomic E-state index is 12.9. The summed E-state index contributed by atoms with van der Waals surface area (Å²) < 4.78 is 12.2. The molecular weight excluding hydrogens is 420 g/mol. The van der Waals surface area contributed by atoms with Gasteiger partial charge >= 0.3 is 0 Å². The van der Waals surface area contributed by atoms with Crippen LogP contribution >= 0.6 is 0 Å². The normalized spacial score (nSPS) is 22.2. The Morgan fingerprint density at radius 1 is 1.21 bits per heavy atom. The number of nitrogens with one attached hydrogen (secondary N) is 2. The average Bonchev–Trinajstić information content (AvgIpc) is 3.46. The molecule has 3 aromatic rings. The number of anilines is 1. The maximum Gasteiger partial charge on any atom is 0.233 e. The number of fused-ring (bicyclic) bond motifs is 4. The zero-order chi connectivity index (χ0) is 22.4. The molecule has 8 heteroatoms. The third-order valence-electron chi connectivity index (χ3n) is 6.39. The summed E-state index contributed by atoms with van der Waals surface area (Å²) in [4.78, 5) is 17.3. The molecule has 3 aliphatic rings. The molecule has 2 aromatic carbocycles. The first-order valence-corrected chi connectivity index (χ1v) is 11.0. The molecule has 1 aromatic heterocycles. The van der Waals surface area contributed by atoms with Crippen LogP contribution in [0, 0.1) is 5.92 Å². The van der Waals surface area contributed by atoms with E-state index in [9.17, 15) is 10.0 Å². The number of pyridine rings is 1. The lowest BCUT2D eigenvalue weighted by Gasteiger charge is -2.20. The lowest BCUT2D eigenvalue weighted by atomic mass is 10.1. The number of hydrogen-bond donors (Lipinski definition) is 3. The van der Waals surface area contributed by atoms with E-state index in [2.05, 4.69) is 20.8 Å². The first-order chi connectivity index (χ1) is 16.2. The van der Waals surface area contributed by atoms with Crippen molar-refractivity contribution in [3.05, 3.63) is 77.5 Å². The lowest BCUT2D eigenvalue weighted by Crippen LogP contribution is -2.34. The highest BCUT2D eigenvalue weighted by atomic mass is 16.5. The molecule has 33 heavy (non-hydrogen) atoms. The summed E-state index contributed by atoms with van der Waals surface area (Å²) in [6.07, 6.45) is 3.48. The van der Waals surface area contributed by atoms with Gasteiger partial charge in [-0.05, 0) is 37.1 Å². The Bertz CT molecular complexity index is 1260. The molecule has 8 nitrogen and oxygen atoms in total. The van der Waals surface area contributed by atoms with Gasteiger partial charge in [0.2, 0.25) is 5.91 Å². The molecule has 3 atom stereocenters. The average molecular weight is 442 g/mol. The molecule has 3 N–H and O–H groups in total. The van der Waals surface area contributed by atoms with Gasteiger partial charge in [0, 0.05) is 35.3 Å².